The molecule has 0 saturated heterocycles. The van der Waals surface area contributed by atoms with E-state index >= 15 is 0 Å². The van der Waals surface area contributed by atoms with Crippen LogP contribution in [0.3, 0.4) is 0 Å². The molecule has 2 heteroatoms. The summed E-state index contributed by atoms with van der Waals surface area (Å²) in [5.74, 6) is 0.773. The lowest BCUT2D eigenvalue weighted by molar-refractivity contribution is 0.489. The van der Waals surface area contributed by atoms with Crippen molar-refractivity contribution in [2.45, 2.75) is 11.2 Å². The summed E-state index contributed by atoms with van der Waals surface area (Å²) >= 11 is 1.81. The van der Waals surface area contributed by atoms with Gasteiger partial charge in [0.05, 0.1) is 11.4 Å². The van der Waals surface area contributed by atoms with Crippen molar-refractivity contribution in [1.29, 1.82) is 0 Å². The van der Waals surface area contributed by atoms with E-state index in [1.165, 1.54) is 16.7 Å². The van der Waals surface area contributed by atoms with Crippen LogP contribution in [0.2, 0.25) is 0 Å². The third kappa shape index (κ3) is 3.39. The van der Waals surface area contributed by atoms with Gasteiger partial charge in [-0.2, -0.15) is 0 Å². The van der Waals surface area contributed by atoms with Crippen LogP contribution in [-0.4, -0.2) is 12.4 Å². The summed E-state index contributed by atoms with van der Waals surface area (Å²) in [6, 6.07) is 31.6. The predicted octanol–water partition coefficient (Wildman–Crippen LogP) is 6.07. The highest BCUT2D eigenvalue weighted by Gasteiger charge is 2.36. The topological polar surface area (TPSA) is 0 Å². The fourth-order valence-corrected chi connectivity index (χ4v) is 4.52. The zero-order valence-corrected chi connectivity index (χ0v) is 14.4. The first-order valence-corrected chi connectivity index (χ1v) is 9.23. The SMILES string of the molecule is FCCCSC(c1ccccc1)(c1ccccc1)c1ccccc1. The molecular weight excluding hydrogens is 315 g/mol. The molecule has 122 valence electrons. The molecule has 3 rings (SSSR count). The zero-order chi connectivity index (χ0) is 16.7. The Balaban J connectivity index is 2.20. The standard InChI is InChI=1S/C22H21FS/c23-17-10-18-24-22(19-11-4-1-5-12-19,20-13-6-2-7-14-20)21-15-8-3-9-16-21/h1-9,11-16H,10,17-18H2. The van der Waals surface area contributed by atoms with Gasteiger partial charge in [0.15, 0.2) is 0 Å². The first-order valence-electron chi connectivity index (χ1n) is 8.24. The van der Waals surface area contributed by atoms with Crippen LogP contribution in [-0.2, 0) is 4.75 Å². The molecule has 0 radical (unpaired) electrons. The molecule has 0 fully saturated rings. The second-order valence-corrected chi connectivity index (χ2v) is 6.98. The Morgan fingerprint density at radius 2 is 1.00 bits per heavy atom. The molecule has 0 bridgehead atoms. The van der Waals surface area contributed by atoms with Gasteiger partial charge >= 0.3 is 0 Å². The summed E-state index contributed by atoms with van der Waals surface area (Å²) in [6.07, 6.45) is 0.568. The molecule has 0 aliphatic heterocycles. The number of alkyl halides is 1. The number of thioether (sulfide) groups is 1. The summed E-state index contributed by atoms with van der Waals surface area (Å²) < 4.78 is 12.4. The third-order valence-corrected chi connectivity index (χ3v) is 5.77. The lowest BCUT2D eigenvalue weighted by atomic mass is 9.84. The average molecular weight is 336 g/mol. The number of rotatable bonds is 7. The zero-order valence-electron chi connectivity index (χ0n) is 13.6. The van der Waals surface area contributed by atoms with Crippen molar-refractivity contribution in [2.24, 2.45) is 0 Å². The molecule has 3 aromatic carbocycles. The van der Waals surface area contributed by atoms with Crippen LogP contribution in [0.1, 0.15) is 23.1 Å². The molecule has 0 amide bonds. The molecule has 24 heavy (non-hydrogen) atoms. The molecule has 0 atom stereocenters. The van der Waals surface area contributed by atoms with E-state index in [4.69, 9.17) is 0 Å². The molecule has 0 spiro atoms. The highest BCUT2D eigenvalue weighted by atomic mass is 32.2. The quantitative estimate of drug-likeness (QED) is 0.373. The monoisotopic (exact) mass is 336 g/mol. The van der Waals surface area contributed by atoms with Crippen molar-refractivity contribution in [3.05, 3.63) is 108 Å². The minimum atomic E-state index is -0.320. The van der Waals surface area contributed by atoms with Gasteiger partial charge in [0.25, 0.3) is 0 Å². The first kappa shape index (κ1) is 16.8. The number of halogens is 1. The second-order valence-electron chi connectivity index (χ2n) is 5.67. The molecule has 0 aliphatic carbocycles. The summed E-state index contributed by atoms with van der Waals surface area (Å²) in [4.78, 5) is 0. The fourth-order valence-electron chi connectivity index (χ4n) is 3.05. The van der Waals surface area contributed by atoms with Gasteiger partial charge in [0.1, 0.15) is 0 Å². The normalized spacial score (nSPS) is 11.4. The highest BCUT2D eigenvalue weighted by molar-refractivity contribution is 8.00. The van der Waals surface area contributed by atoms with Crippen molar-refractivity contribution in [3.63, 3.8) is 0 Å². The van der Waals surface area contributed by atoms with Crippen molar-refractivity contribution < 1.29 is 4.39 Å². The average Bonchev–Trinajstić information content (AvgIpc) is 2.68. The number of benzene rings is 3. The van der Waals surface area contributed by atoms with Gasteiger partial charge in [-0.25, -0.2) is 0 Å². The molecular formula is C22H21FS. The molecule has 0 N–H and O–H groups in total. The molecule has 0 heterocycles. The van der Waals surface area contributed by atoms with Gasteiger partial charge in [-0.1, -0.05) is 91.0 Å². The Kier molecular flexibility index (Phi) is 5.71. The lowest BCUT2D eigenvalue weighted by Crippen LogP contribution is -2.26. The Bertz CT molecular complexity index is 629. The van der Waals surface area contributed by atoms with Crippen LogP contribution < -0.4 is 0 Å². The molecule has 0 saturated carbocycles. The summed E-state index contributed by atoms with van der Waals surface area (Å²) in [6.45, 7) is -0.276. The van der Waals surface area contributed by atoms with E-state index in [1.54, 1.807) is 0 Å². The Morgan fingerprint density at radius 1 is 0.625 bits per heavy atom. The van der Waals surface area contributed by atoms with E-state index in [1.807, 2.05) is 30.0 Å². The van der Waals surface area contributed by atoms with Gasteiger partial charge in [-0.15, -0.1) is 11.8 Å². The van der Waals surface area contributed by atoms with E-state index in [9.17, 15) is 4.39 Å². The molecule has 0 aliphatic rings. The lowest BCUT2D eigenvalue weighted by Gasteiger charge is -2.35. The maximum absolute atomic E-state index is 12.8. The van der Waals surface area contributed by atoms with Crippen molar-refractivity contribution in [3.8, 4) is 0 Å². The number of hydrogen-bond donors (Lipinski definition) is 0. The second kappa shape index (κ2) is 8.16. The van der Waals surface area contributed by atoms with Crippen molar-refractivity contribution in [2.75, 3.05) is 12.4 Å². The van der Waals surface area contributed by atoms with Gasteiger partial charge in [-0.3, -0.25) is 4.39 Å². The van der Waals surface area contributed by atoms with Crippen LogP contribution in [0.4, 0.5) is 4.39 Å². The Morgan fingerprint density at radius 3 is 1.33 bits per heavy atom. The Hall–Kier alpha value is -2.06. The molecule has 0 nitrogen and oxygen atoms in total. The van der Waals surface area contributed by atoms with Crippen LogP contribution >= 0.6 is 11.8 Å². The predicted molar refractivity (Wildman–Crippen MR) is 102 cm³/mol. The van der Waals surface area contributed by atoms with E-state index in [2.05, 4.69) is 72.8 Å². The number of hydrogen-bond acceptors (Lipinski definition) is 1. The fraction of sp³-hybridized carbons (Fsp3) is 0.182. The Labute approximate surface area is 147 Å². The van der Waals surface area contributed by atoms with Crippen LogP contribution in [0.15, 0.2) is 91.0 Å². The van der Waals surface area contributed by atoms with Crippen LogP contribution in [0.5, 0.6) is 0 Å². The van der Waals surface area contributed by atoms with E-state index < -0.39 is 0 Å². The highest BCUT2D eigenvalue weighted by Crippen LogP contribution is 2.48. The summed E-state index contributed by atoms with van der Waals surface area (Å²) in [5, 5.41) is 0. The van der Waals surface area contributed by atoms with Gasteiger partial charge in [0, 0.05) is 0 Å². The molecule has 0 unspecified atom stereocenters. The van der Waals surface area contributed by atoms with Gasteiger partial charge in [-0.05, 0) is 28.9 Å². The molecule has 0 aromatic heterocycles. The largest absolute Gasteiger partial charge is 0.251 e. The maximum Gasteiger partial charge on any atom is 0.0906 e. The summed E-state index contributed by atoms with van der Waals surface area (Å²) in [7, 11) is 0. The minimum absolute atomic E-state index is 0.276. The van der Waals surface area contributed by atoms with Crippen LogP contribution in [0.25, 0.3) is 0 Å². The van der Waals surface area contributed by atoms with Crippen molar-refractivity contribution in [1.82, 2.24) is 0 Å². The van der Waals surface area contributed by atoms with Gasteiger partial charge < -0.3 is 0 Å². The minimum Gasteiger partial charge on any atom is -0.251 e. The van der Waals surface area contributed by atoms with Gasteiger partial charge in [0.2, 0.25) is 0 Å². The van der Waals surface area contributed by atoms with Crippen molar-refractivity contribution >= 4 is 11.8 Å². The molecule has 3 aromatic rings. The first-order chi connectivity index (χ1) is 11.9. The summed E-state index contributed by atoms with van der Waals surface area (Å²) in [5.41, 5.74) is 3.68. The van der Waals surface area contributed by atoms with E-state index in [0.29, 0.717) is 6.42 Å². The van der Waals surface area contributed by atoms with E-state index in [0.717, 1.165) is 5.75 Å². The third-order valence-electron chi connectivity index (χ3n) is 4.14. The smallest absolute Gasteiger partial charge is 0.0906 e. The van der Waals surface area contributed by atoms with Crippen LogP contribution in [0, 0.1) is 0 Å². The van der Waals surface area contributed by atoms with E-state index in [-0.39, 0.29) is 11.4 Å². The maximum atomic E-state index is 12.8.